The molecule has 0 saturated heterocycles. The second-order valence-electron chi connectivity index (χ2n) is 12.4. The minimum Gasteiger partial charge on any atom is -0.505 e. The number of hydrogen-bond donors (Lipinski definition) is 2. The molecule has 0 unspecified atom stereocenters. The maximum Gasteiger partial charge on any atom is 0.306 e. The normalized spacial score (nSPS) is 11.4. The number of ether oxygens (including phenoxy) is 3. The summed E-state index contributed by atoms with van der Waals surface area (Å²) in [6.07, 6.45) is 26.5. The summed E-state index contributed by atoms with van der Waals surface area (Å²) in [4.78, 5) is 16.3. The van der Waals surface area contributed by atoms with Gasteiger partial charge in [-0.15, -0.1) is 0 Å². The molecule has 0 aliphatic rings. The smallest absolute Gasteiger partial charge is 0.306 e. The maximum absolute atomic E-state index is 11.9. The molecule has 0 amide bonds. The lowest BCUT2D eigenvalue weighted by atomic mass is 10.0. The molecule has 0 bridgehead atoms. The van der Waals surface area contributed by atoms with E-state index in [0.29, 0.717) is 49.7 Å². The van der Waals surface area contributed by atoms with E-state index in [0.717, 1.165) is 58.0 Å². The Morgan fingerprint density at radius 2 is 1.22 bits per heavy atom. The van der Waals surface area contributed by atoms with E-state index in [1.807, 2.05) is 0 Å². The zero-order chi connectivity index (χ0) is 32.8. The lowest BCUT2D eigenvalue weighted by molar-refractivity contribution is -0.143. The number of nitrogens with zero attached hydrogens (tertiary/aromatic N) is 1. The molecule has 0 aliphatic heterocycles. The Balaban J connectivity index is 2.58. The Bertz CT molecular complexity index is 887. The van der Waals surface area contributed by atoms with Gasteiger partial charge in [0.25, 0.3) is 0 Å². The third-order valence-corrected chi connectivity index (χ3v) is 8.13. The van der Waals surface area contributed by atoms with Crippen molar-refractivity contribution in [2.75, 3.05) is 26.4 Å². The molecule has 0 radical (unpaired) electrons. The number of phenols is 2. The molecule has 0 heterocycles. The lowest BCUT2D eigenvalue weighted by Crippen LogP contribution is -2.05. The van der Waals surface area contributed by atoms with Gasteiger partial charge in [0.1, 0.15) is 11.4 Å². The van der Waals surface area contributed by atoms with E-state index in [1.165, 1.54) is 83.1 Å². The van der Waals surface area contributed by atoms with Crippen LogP contribution in [0.3, 0.4) is 0 Å². The topological polar surface area (TPSA) is 97.6 Å². The van der Waals surface area contributed by atoms with E-state index in [-0.39, 0.29) is 23.9 Å². The third kappa shape index (κ3) is 21.2. The van der Waals surface area contributed by atoms with Crippen LogP contribution in [0.4, 0.5) is 5.69 Å². The Morgan fingerprint density at radius 1 is 0.689 bits per heavy atom. The highest BCUT2D eigenvalue weighted by Crippen LogP contribution is 2.44. The summed E-state index contributed by atoms with van der Waals surface area (Å²) in [7, 11) is 0. The van der Waals surface area contributed by atoms with Crippen molar-refractivity contribution in [3.63, 3.8) is 0 Å². The fraction of sp³-hybridized carbons (Fsp3) is 0.789. The Kier molecular flexibility index (Phi) is 26.4. The van der Waals surface area contributed by atoms with E-state index in [2.05, 4.69) is 25.8 Å². The van der Waals surface area contributed by atoms with Crippen LogP contribution in [0.1, 0.15) is 168 Å². The standard InChI is InChI=1S/C38H67NO6/c1-4-7-10-11-12-13-14-15-16-17-18-19-20-21-25-33-37(42)34(39-27-24-26-36(41)44-30-9-6-3)32-35(40)38(33)45-31-23-22-29-43-28-8-5-2/h27,32,40,42H,4-26,28-31H2,1-3H3. The first kappa shape index (κ1) is 40.7. The average molecular weight is 634 g/mol. The summed E-state index contributed by atoms with van der Waals surface area (Å²) in [5, 5.41) is 22.0. The first-order chi connectivity index (χ1) is 22.0. The van der Waals surface area contributed by atoms with Crippen LogP contribution in [0.2, 0.25) is 0 Å². The highest BCUT2D eigenvalue weighted by molar-refractivity contribution is 5.76. The molecule has 0 saturated carbocycles. The Hall–Kier alpha value is -2.28. The molecule has 1 aromatic carbocycles. The first-order valence-corrected chi connectivity index (χ1v) is 18.5. The maximum atomic E-state index is 11.9. The van der Waals surface area contributed by atoms with Gasteiger partial charge in [0.15, 0.2) is 11.5 Å². The van der Waals surface area contributed by atoms with Crippen LogP contribution >= 0.6 is 0 Å². The minimum absolute atomic E-state index is 0.0153. The number of esters is 1. The summed E-state index contributed by atoms with van der Waals surface area (Å²) in [5.41, 5.74) is 0.906. The predicted octanol–water partition coefficient (Wildman–Crippen LogP) is 10.9. The number of aliphatic imine (C=N–C) groups is 1. The Morgan fingerprint density at radius 3 is 1.84 bits per heavy atom. The van der Waals surface area contributed by atoms with Crippen molar-refractivity contribution in [2.24, 2.45) is 4.99 Å². The van der Waals surface area contributed by atoms with Gasteiger partial charge in [-0.2, -0.15) is 0 Å². The molecular weight excluding hydrogens is 566 g/mol. The number of unbranched alkanes of at least 4 members (excludes halogenated alkanes) is 16. The SMILES string of the molecule is CCCCCCCCCCCCCCCCc1c(O)c(N=CCCC(=O)OCCCC)cc(O)c1OCCCCOCCCC. The molecule has 0 fully saturated rings. The molecule has 2 N–H and O–H groups in total. The molecule has 1 rings (SSSR count). The van der Waals surface area contributed by atoms with Crippen molar-refractivity contribution in [1.82, 2.24) is 0 Å². The second-order valence-corrected chi connectivity index (χ2v) is 12.4. The fourth-order valence-electron chi connectivity index (χ4n) is 5.24. The average Bonchev–Trinajstić information content (AvgIpc) is 3.03. The monoisotopic (exact) mass is 633 g/mol. The van der Waals surface area contributed by atoms with Gasteiger partial charge in [0.2, 0.25) is 0 Å². The number of aromatic hydroxyl groups is 2. The van der Waals surface area contributed by atoms with Crippen LogP contribution in [-0.4, -0.2) is 48.8 Å². The summed E-state index contributed by atoms with van der Waals surface area (Å²) < 4.78 is 16.9. The van der Waals surface area contributed by atoms with Crippen molar-refractivity contribution >= 4 is 17.9 Å². The molecular formula is C38H67NO6. The molecule has 260 valence electrons. The van der Waals surface area contributed by atoms with Crippen LogP contribution in [-0.2, 0) is 20.7 Å². The van der Waals surface area contributed by atoms with Crippen LogP contribution in [0.15, 0.2) is 11.1 Å². The van der Waals surface area contributed by atoms with Gasteiger partial charge in [0.05, 0.1) is 19.6 Å². The number of phenolic OH excluding ortho intramolecular Hbond substituents is 2. The molecule has 45 heavy (non-hydrogen) atoms. The van der Waals surface area contributed by atoms with Gasteiger partial charge < -0.3 is 24.4 Å². The zero-order valence-electron chi connectivity index (χ0n) is 29.2. The molecule has 0 aromatic heterocycles. The highest BCUT2D eigenvalue weighted by atomic mass is 16.5. The molecule has 0 aliphatic carbocycles. The molecule has 7 nitrogen and oxygen atoms in total. The largest absolute Gasteiger partial charge is 0.505 e. The third-order valence-electron chi connectivity index (χ3n) is 8.13. The van der Waals surface area contributed by atoms with Crippen LogP contribution in [0.5, 0.6) is 17.2 Å². The fourth-order valence-corrected chi connectivity index (χ4v) is 5.24. The van der Waals surface area contributed by atoms with Crippen molar-refractivity contribution < 1.29 is 29.2 Å². The summed E-state index contributed by atoms with van der Waals surface area (Å²) >= 11 is 0. The van der Waals surface area contributed by atoms with Gasteiger partial charge in [0, 0.05) is 31.1 Å². The van der Waals surface area contributed by atoms with Gasteiger partial charge in [-0.05, 0) is 44.9 Å². The van der Waals surface area contributed by atoms with Crippen LogP contribution in [0.25, 0.3) is 0 Å². The van der Waals surface area contributed by atoms with Crippen molar-refractivity contribution in [2.45, 2.75) is 168 Å². The predicted molar refractivity (Wildman–Crippen MR) is 187 cm³/mol. The molecule has 1 aromatic rings. The molecule has 7 heteroatoms. The Labute approximate surface area is 275 Å². The number of hydrogen-bond acceptors (Lipinski definition) is 7. The van der Waals surface area contributed by atoms with E-state index in [4.69, 9.17) is 14.2 Å². The summed E-state index contributed by atoms with van der Waals surface area (Å²) in [5.74, 6) is 0.133. The van der Waals surface area contributed by atoms with E-state index < -0.39 is 0 Å². The van der Waals surface area contributed by atoms with Gasteiger partial charge in [-0.25, -0.2) is 0 Å². The van der Waals surface area contributed by atoms with Gasteiger partial charge in [-0.1, -0.05) is 117 Å². The van der Waals surface area contributed by atoms with E-state index in [1.54, 1.807) is 6.21 Å². The van der Waals surface area contributed by atoms with Crippen molar-refractivity contribution in [3.05, 3.63) is 11.6 Å². The number of carbonyl (C=O) groups excluding carboxylic acids is 1. The van der Waals surface area contributed by atoms with Crippen LogP contribution in [0, 0.1) is 0 Å². The van der Waals surface area contributed by atoms with Gasteiger partial charge >= 0.3 is 5.97 Å². The zero-order valence-corrected chi connectivity index (χ0v) is 29.2. The number of benzene rings is 1. The summed E-state index contributed by atoms with van der Waals surface area (Å²) in [6.45, 7) is 8.84. The first-order valence-electron chi connectivity index (χ1n) is 18.5. The van der Waals surface area contributed by atoms with Crippen LogP contribution < -0.4 is 4.74 Å². The highest BCUT2D eigenvalue weighted by Gasteiger charge is 2.19. The quantitative estimate of drug-likeness (QED) is 0.0365. The number of rotatable bonds is 31. The van der Waals surface area contributed by atoms with Crippen molar-refractivity contribution in [1.29, 1.82) is 0 Å². The molecule has 0 spiro atoms. The lowest BCUT2D eigenvalue weighted by Gasteiger charge is -2.16. The molecule has 0 atom stereocenters. The number of carbonyl (C=O) groups is 1. The van der Waals surface area contributed by atoms with Crippen molar-refractivity contribution in [3.8, 4) is 17.2 Å². The second kappa shape index (κ2) is 29.1. The van der Waals surface area contributed by atoms with Gasteiger partial charge in [-0.3, -0.25) is 9.79 Å². The summed E-state index contributed by atoms with van der Waals surface area (Å²) in [6, 6.07) is 1.45. The minimum atomic E-state index is -0.250. The van der Waals surface area contributed by atoms with E-state index >= 15 is 0 Å². The van der Waals surface area contributed by atoms with E-state index in [9.17, 15) is 15.0 Å².